The van der Waals surface area contributed by atoms with Gasteiger partial charge in [0.05, 0.1) is 17.4 Å². The van der Waals surface area contributed by atoms with Crippen LogP contribution in [-0.2, 0) is 21.2 Å². The van der Waals surface area contributed by atoms with Gasteiger partial charge in [0.15, 0.2) is 0 Å². The van der Waals surface area contributed by atoms with E-state index in [0.29, 0.717) is 31.7 Å². The summed E-state index contributed by atoms with van der Waals surface area (Å²) in [5.41, 5.74) is 2.64. The number of carbonyl (C=O) groups excluding carboxylic acids is 1. The van der Waals surface area contributed by atoms with Gasteiger partial charge >= 0.3 is 0 Å². The van der Waals surface area contributed by atoms with Crippen LogP contribution in [0.2, 0.25) is 0 Å². The van der Waals surface area contributed by atoms with Gasteiger partial charge in [0, 0.05) is 18.8 Å². The number of ether oxygens (including phenoxy) is 1. The molecule has 7 heteroatoms. The zero-order chi connectivity index (χ0) is 21.7. The van der Waals surface area contributed by atoms with Crippen molar-refractivity contribution in [3.63, 3.8) is 0 Å². The SMILES string of the molecule is CCOc1ccc(S(=O)(=O)N2CCC[C@@H](C(=O)Nc3ccccc3CC)C2)cc1C. The van der Waals surface area contributed by atoms with Crippen LogP contribution < -0.4 is 10.1 Å². The minimum absolute atomic E-state index is 0.126. The van der Waals surface area contributed by atoms with Crippen molar-refractivity contribution in [3.8, 4) is 5.75 Å². The Bertz CT molecular complexity index is 1000. The molecule has 1 saturated heterocycles. The molecule has 1 atom stereocenters. The molecule has 3 rings (SSSR count). The van der Waals surface area contributed by atoms with Gasteiger partial charge in [-0.1, -0.05) is 25.1 Å². The molecule has 0 aromatic heterocycles. The highest BCUT2D eigenvalue weighted by molar-refractivity contribution is 7.89. The molecule has 1 aliphatic heterocycles. The summed E-state index contributed by atoms with van der Waals surface area (Å²) in [5, 5.41) is 3.00. The number of sulfonamides is 1. The van der Waals surface area contributed by atoms with Crippen LogP contribution in [0.25, 0.3) is 0 Å². The lowest BCUT2D eigenvalue weighted by molar-refractivity contribution is -0.120. The second kappa shape index (κ2) is 9.62. The third-order valence-electron chi connectivity index (χ3n) is 5.50. The number of carbonyl (C=O) groups is 1. The normalized spacial score (nSPS) is 17.5. The van der Waals surface area contributed by atoms with Crippen LogP contribution in [0.4, 0.5) is 5.69 Å². The molecule has 0 saturated carbocycles. The number of hydrogen-bond donors (Lipinski definition) is 1. The molecule has 2 aromatic carbocycles. The first-order valence-electron chi connectivity index (χ1n) is 10.5. The number of nitrogens with zero attached hydrogens (tertiary/aromatic N) is 1. The predicted octanol–water partition coefficient (Wildman–Crippen LogP) is 4.00. The average Bonchev–Trinajstić information content (AvgIpc) is 2.75. The molecule has 6 nitrogen and oxygen atoms in total. The van der Waals surface area contributed by atoms with Gasteiger partial charge < -0.3 is 10.1 Å². The number of benzene rings is 2. The van der Waals surface area contributed by atoms with E-state index in [-0.39, 0.29) is 23.3 Å². The molecular weight excluding hydrogens is 400 g/mol. The molecule has 0 spiro atoms. The van der Waals surface area contributed by atoms with Crippen LogP contribution in [0.5, 0.6) is 5.75 Å². The van der Waals surface area contributed by atoms with Gasteiger partial charge in [0.1, 0.15) is 5.75 Å². The molecular formula is C23H30N2O4S. The molecule has 1 fully saturated rings. The Balaban J connectivity index is 1.75. The van der Waals surface area contributed by atoms with Gasteiger partial charge in [-0.3, -0.25) is 4.79 Å². The Kier molecular flexibility index (Phi) is 7.15. The van der Waals surface area contributed by atoms with Crippen LogP contribution in [0.1, 0.15) is 37.8 Å². The second-order valence-electron chi connectivity index (χ2n) is 7.56. The first-order chi connectivity index (χ1) is 14.4. The van der Waals surface area contributed by atoms with Crippen LogP contribution in [-0.4, -0.2) is 38.3 Å². The van der Waals surface area contributed by atoms with Gasteiger partial charge in [-0.05, 0) is 68.5 Å². The summed E-state index contributed by atoms with van der Waals surface area (Å²) >= 11 is 0. The van der Waals surface area contributed by atoms with E-state index in [1.807, 2.05) is 45.0 Å². The van der Waals surface area contributed by atoms with Gasteiger partial charge in [0.2, 0.25) is 15.9 Å². The van der Waals surface area contributed by atoms with E-state index in [1.165, 1.54) is 4.31 Å². The lowest BCUT2D eigenvalue weighted by atomic mass is 9.98. The Morgan fingerprint density at radius 2 is 1.97 bits per heavy atom. The second-order valence-corrected chi connectivity index (χ2v) is 9.50. The summed E-state index contributed by atoms with van der Waals surface area (Å²) in [6.45, 7) is 6.90. The van der Waals surface area contributed by atoms with Gasteiger partial charge in [-0.15, -0.1) is 0 Å². The van der Waals surface area contributed by atoms with Gasteiger partial charge in [-0.25, -0.2) is 8.42 Å². The quantitative estimate of drug-likeness (QED) is 0.721. The molecule has 1 N–H and O–H groups in total. The largest absolute Gasteiger partial charge is 0.494 e. The topological polar surface area (TPSA) is 75.7 Å². The maximum Gasteiger partial charge on any atom is 0.243 e. The van der Waals surface area contributed by atoms with Crippen molar-refractivity contribution in [3.05, 3.63) is 53.6 Å². The van der Waals surface area contributed by atoms with Crippen molar-refractivity contribution >= 4 is 21.6 Å². The van der Waals surface area contributed by atoms with Crippen LogP contribution in [0.3, 0.4) is 0 Å². The Morgan fingerprint density at radius 1 is 1.20 bits per heavy atom. The van der Waals surface area contributed by atoms with Crippen molar-refractivity contribution in [2.24, 2.45) is 5.92 Å². The number of amides is 1. The third-order valence-corrected chi connectivity index (χ3v) is 7.36. The zero-order valence-corrected chi connectivity index (χ0v) is 18.7. The molecule has 1 aliphatic rings. The minimum Gasteiger partial charge on any atom is -0.494 e. The smallest absolute Gasteiger partial charge is 0.243 e. The Morgan fingerprint density at radius 3 is 2.67 bits per heavy atom. The molecule has 0 radical (unpaired) electrons. The van der Waals surface area contributed by atoms with Crippen molar-refractivity contribution in [2.75, 3.05) is 25.0 Å². The summed E-state index contributed by atoms with van der Waals surface area (Å²) in [6.07, 6.45) is 2.15. The van der Waals surface area contributed by atoms with E-state index >= 15 is 0 Å². The van der Waals surface area contributed by atoms with E-state index in [2.05, 4.69) is 5.32 Å². The van der Waals surface area contributed by atoms with Crippen LogP contribution in [0, 0.1) is 12.8 Å². The maximum absolute atomic E-state index is 13.2. The lowest BCUT2D eigenvalue weighted by Gasteiger charge is -2.31. The summed E-state index contributed by atoms with van der Waals surface area (Å²) in [4.78, 5) is 13.1. The number of nitrogens with one attached hydrogen (secondary N) is 1. The van der Waals surface area contributed by atoms with E-state index in [4.69, 9.17) is 4.74 Å². The number of para-hydroxylation sites is 1. The molecule has 162 valence electrons. The highest BCUT2D eigenvalue weighted by atomic mass is 32.2. The van der Waals surface area contributed by atoms with Crippen molar-refractivity contribution < 1.29 is 17.9 Å². The fourth-order valence-corrected chi connectivity index (χ4v) is 5.42. The minimum atomic E-state index is -3.67. The number of hydrogen-bond acceptors (Lipinski definition) is 4. The third kappa shape index (κ3) is 4.84. The number of aryl methyl sites for hydroxylation is 2. The fraction of sp³-hybridized carbons (Fsp3) is 0.435. The standard InChI is InChI=1S/C23H30N2O4S/c1-4-18-9-6-7-11-21(18)24-23(26)19-10-8-14-25(16-19)30(27,28)20-12-13-22(29-5-2)17(3)15-20/h6-7,9,11-13,15,19H,4-5,8,10,14,16H2,1-3H3,(H,24,26)/t19-/m1/s1. The molecule has 0 aliphatic carbocycles. The average molecular weight is 431 g/mol. The summed E-state index contributed by atoms with van der Waals surface area (Å²) in [5.74, 6) is 0.183. The maximum atomic E-state index is 13.2. The predicted molar refractivity (Wildman–Crippen MR) is 118 cm³/mol. The molecule has 1 heterocycles. The van der Waals surface area contributed by atoms with Crippen molar-refractivity contribution in [1.29, 1.82) is 0 Å². The monoisotopic (exact) mass is 430 g/mol. The summed E-state index contributed by atoms with van der Waals surface area (Å²) in [7, 11) is -3.67. The Labute approximate surface area is 179 Å². The molecule has 0 bridgehead atoms. The fourth-order valence-electron chi connectivity index (χ4n) is 3.81. The van der Waals surface area contributed by atoms with E-state index in [1.54, 1.807) is 18.2 Å². The number of anilines is 1. The number of piperidine rings is 1. The molecule has 0 unspecified atom stereocenters. The highest BCUT2D eigenvalue weighted by Crippen LogP contribution is 2.28. The molecule has 30 heavy (non-hydrogen) atoms. The van der Waals surface area contributed by atoms with Crippen LogP contribution in [0.15, 0.2) is 47.4 Å². The molecule has 1 amide bonds. The van der Waals surface area contributed by atoms with Gasteiger partial charge in [0.25, 0.3) is 0 Å². The lowest BCUT2D eigenvalue weighted by Crippen LogP contribution is -2.43. The van der Waals surface area contributed by atoms with E-state index < -0.39 is 10.0 Å². The zero-order valence-electron chi connectivity index (χ0n) is 17.8. The van der Waals surface area contributed by atoms with E-state index in [0.717, 1.165) is 23.2 Å². The Hall–Kier alpha value is -2.38. The van der Waals surface area contributed by atoms with Gasteiger partial charge in [-0.2, -0.15) is 4.31 Å². The first-order valence-corrected chi connectivity index (χ1v) is 11.9. The van der Waals surface area contributed by atoms with Crippen molar-refractivity contribution in [1.82, 2.24) is 4.31 Å². The highest BCUT2D eigenvalue weighted by Gasteiger charge is 2.33. The summed E-state index contributed by atoms with van der Waals surface area (Å²) < 4.78 is 33.3. The number of rotatable bonds is 7. The summed E-state index contributed by atoms with van der Waals surface area (Å²) in [6, 6.07) is 12.6. The van der Waals surface area contributed by atoms with Crippen LogP contribution >= 0.6 is 0 Å². The first kappa shape index (κ1) is 22.3. The molecule has 2 aromatic rings. The van der Waals surface area contributed by atoms with E-state index in [9.17, 15) is 13.2 Å². The van der Waals surface area contributed by atoms with Crippen molar-refractivity contribution in [2.45, 2.75) is 44.9 Å².